The Kier molecular flexibility index (Phi) is 5.48. The molecule has 0 radical (unpaired) electrons. The van der Waals surface area contributed by atoms with Crippen LogP contribution in [0.2, 0.25) is 0 Å². The molecule has 14 heteroatoms. The Bertz CT molecular complexity index is 1450. The van der Waals surface area contributed by atoms with Gasteiger partial charge >= 0.3 is 10.1 Å². The third-order valence-corrected chi connectivity index (χ3v) is 6.85. The fourth-order valence-electron chi connectivity index (χ4n) is 2.65. The molecule has 5 N–H and O–H groups in total. The van der Waals surface area contributed by atoms with Crippen LogP contribution in [0, 0.1) is 0 Å². The van der Waals surface area contributed by atoms with Gasteiger partial charge in [-0.25, -0.2) is 0 Å². The van der Waals surface area contributed by atoms with Crippen molar-refractivity contribution in [2.75, 3.05) is 5.43 Å². The molecule has 11 nitrogen and oxygen atoms in total. The summed E-state index contributed by atoms with van der Waals surface area (Å²) in [5.41, 5.74) is 1.95. The number of anilines is 1. The maximum absolute atomic E-state index is 12.6. The summed E-state index contributed by atoms with van der Waals surface area (Å²) in [5.74, 6) is 4.84. The highest BCUT2D eigenvalue weighted by Crippen LogP contribution is 2.38. The molecule has 0 aliphatic carbocycles. The lowest BCUT2D eigenvalue weighted by Gasteiger charge is -2.15. The van der Waals surface area contributed by atoms with Gasteiger partial charge in [-0.1, -0.05) is 18.2 Å². The molecule has 160 valence electrons. The molecule has 0 aromatic heterocycles. The molecule has 0 amide bonds. The second-order valence-electron chi connectivity index (χ2n) is 5.94. The number of fused-ring (bicyclic) bond motifs is 1. The Balaban J connectivity index is 2.37. The molecule has 0 atom stereocenters. The van der Waals surface area contributed by atoms with Crippen molar-refractivity contribution in [3.05, 3.63) is 54.6 Å². The quantitative estimate of drug-likeness (QED) is 0.175. The van der Waals surface area contributed by atoms with Gasteiger partial charge in [0.2, 0.25) is 0 Å². The Hall–Kier alpha value is -2.75. The molecule has 0 fully saturated rings. The van der Waals surface area contributed by atoms with Crippen molar-refractivity contribution in [2.45, 2.75) is 14.7 Å². The lowest BCUT2D eigenvalue weighted by Crippen LogP contribution is -2.13. The first-order valence-electron chi connectivity index (χ1n) is 7.86. The average Bonchev–Trinajstić information content (AvgIpc) is 2.65. The van der Waals surface area contributed by atoms with E-state index in [1.165, 1.54) is 24.3 Å². The first-order chi connectivity index (χ1) is 13.8. The van der Waals surface area contributed by atoms with Crippen LogP contribution in [0.4, 0.5) is 5.69 Å². The molecule has 3 rings (SSSR count). The van der Waals surface area contributed by atoms with E-state index in [2.05, 4.69) is 5.43 Å². The molecule has 3 aromatic rings. The summed E-state index contributed by atoms with van der Waals surface area (Å²) in [4.78, 5) is -1.68. The van der Waals surface area contributed by atoms with Gasteiger partial charge in [0.15, 0.2) is 5.75 Å². The van der Waals surface area contributed by atoms with Gasteiger partial charge in [-0.2, -0.15) is 25.3 Å². The van der Waals surface area contributed by atoms with Gasteiger partial charge in [0, 0.05) is 6.07 Å². The van der Waals surface area contributed by atoms with Gasteiger partial charge in [0.25, 0.3) is 20.2 Å². The monoisotopic (exact) mass is 474 g/mol. The van der Waals surface area contributed by atoms with Crippen LogP contribution < -0.4 is 15.5 Å². The van der Waals surface area contributed by atoms with Crippen molar-refractivity contribution in [3.63, 3.8) is 0 Å². The van der Waals surface area contributed by atoms with Crippen molar-refractivity contribution in [2.24, 2.45) is 5.84 Å². The molecular formula is C16H14N2O9S3. The summed E-state index contributed by atoms with van der Waals surface area (Å²) >= 11 is 0. The number of nitrogens with one attached hydrogen (secondary N) is 1. The van der Waals surface area contributed by atoms with Crippen molar-refractivity contribution in [3.8, 4) is 5.75 Å². The van der Waals surface area contributed by atoms with Crippen LogP contribution in [0.15, 0.2) is 69.3 Å². The fraction of sp³-hybridized carbons (Fsp3) is 0. The summed E-state index contributed by atoms with van der Waals surface area (Å²) in [6.45, 7) is 0. The molecule has 0 saturated heterocycles. The van der Waals surface area contributed by atoms with Crippen LogP contribution in [0.25, 0.3) is 10.8 Å². The Morgan fingerprint density at radius 2 is 1.30 bits per heavy atom. The first-order valence-corrected chi connectivity index (χ1v) is 12.1. The van der Waals surface area contributed by atoms with E-state index in [1.807, 2.05) is 0 Å². The third kappa shape index (κ3) is 4.38. The van der Waals surface area contributed by atoms with Crippen LogP contribution in [-0.4, -0.2) is 34.4 Å². The molecular weight excluding hydrogens is 460 g/mol. The summed E-state index contributed by atoms with van der Waals surface area (Å²) < 4.78 is 95.4. The smallest absolute Gasteiger partial charge is 0.339 e. The maximum atomic E-state index is 12.6. The molecule has 30 heavy (non-hydrogen) atoms. The number of nitrogens with two attached hydrogens (primary N) is 1. The molecule has 3 aromatic carbocycles. The van der Waals surface area contributed by atoms with E-state index in [0.717, 1.165) is 24.3 Å². The topological polar surface area (TPSA) is 190 Å². The van der Waals surface area contributed by atoms with Gasteiger partial charge < -0.3 is 9.61 Å². The minimum absolute atomic E-state index is 0.114. The third-order valence-electron chi connectivity index (χ3n) is 3.94. The van der Waals surface area contributed by atoms with Gasteiger partial charge in [-0.3, -0.25) is 14.9 Å². The SMILES string of the molecule is NNc1cc(S(=O)(=O)O)cc2cc(S(=O)(=O)O)cc(OS(=O)(=O)c3ccccc3)c12. The highest BCUT2D eigenvalue weighted by atomic mass is 32.2. The number of rotatable bonds is 6. The molecule has 0 aliphatic rings. The van der Waals surface area contributed by atoms with Crippen molar-refractivity contribution in [1.82, 2.24) is 0 Å². The van der Waals surface area contributed by atoms with Crippen LogP contribution in [-0.2, 0) is 30.4 Å². The molecule has 0 bridgehead atoms. The predicted molar refractivity (Wildman–Crippen MR) is 106 cm³/mol. The zero-order valence-electron chi connectivity index (χ0n) is 14.8. The van der Waals surface area contributed by atoms with Crippen LogP contribution in [0.1, 0.15) is 0 Å². The highest BCUT2D eigenvalue weighted by molar-refractivity contribution is 7.87. The Morgan fingerprint density at radius 1 is 0.767 bits per heavy atom. The number of benzene rings is 3. The van der Waals surface area contributed by atoms with Gasteiger partial charge in [-0.15, -0.1) is 0 Å². The Morgan fingerprint density at radius 3 is 1.80 bits per heavy atom. The van der Waals surface area contributed by atoms with E-state index in [4.69, 9.17) is 10.0 Å². The second-order valence-corrected chi connectivity index (χ2v) is 10.3. The molecule has 0 heterocycles. The van der Waals surface area contributed by atoms with Gasteiger partial charge in [0.1, 0.15) is 4.90 Å². The summed E-state index contributed by atoms with van der Waals surface area (Å²) in [7, 11) is -14.0. The van der Waals surface area contributed by atoms with Crippen molar-refractivity contribution < 1.29 is 38.5 Å². The fourth-order valence-corrected chi connectivity index (χ4v) is 4.68. The lowest BCUT2D eigenvalue weighted by molar-refractivity contribution is 0.477. The summed E-state index contributed by atoms with van der Waals surface area (Å²) in [5, 5.41) is -0.316. The van der Waals surface area contributed by atoms with Crippen molar-refractivity contribution in [1.29, 1.82) is 0 Å². The Labute approximate surface area is 171 Å². The number of hydrazine groups is 1. The van der Waals surface area contributed by atoms with E-state index in [-0.39, 0.29) is 21.4 Å². The van der Waals surface area contributed by atoms with Gasteiger partial charge in [0.05, 0.1) is 20.9 Å². The number of hydrogen-bond acceptors (Lipinski definition) is 9. The van der Waals surface area contributed by atoms with Crippen LogP contribution in [0.3, 0.4) is 0 Å². The maximum Gasteiger partial charge on any atom is 0.339 e. The van der Waals surface area contributed by atoms with E-state index in [0.29, 0.717) is 0 Å². The summed E-state index contributed by atoms with van der Waals surface area (Å²) in [6, 6.07) is 10.3. The van der Waals surface area contributed by atoms with Gasteiger partial charge in [-0.05, 0) is 35.7 Å². The van der Waals surface area contributed by atoms with E-state index in [1.54, 1.807) is 6.07 Å². The number of nitrogen functional groups attached to an aromatic ring is 1. The largest absolute Gasteiger partial charge is 0.378 e. The van der Waals surface area contributed by atoms with Crippen molar-refractivity contribution >= 4 is 46.8 Å². The van der Waals surface area contributed by atoms with E-state index < -0.39 is 45.9 Å². The highest BCUT2D eigenvalue weighted by Gasteiger charge is 2.24. The number of hydrogen-bond donors (Lipinski definition) is 4. The summed E-state index contributed by atoms with van der Waals surface area (Å²) in [6.07, 6.45) is 0. The van der Waals surface area contributed by atoms with E-state index >= 15 is 0 Å². The normalized spacial score (nSPS) is 12.6. The second kappa shape index (κ2) is 7.50. The molecule has 0 aliphatic heterocycles. The molecule has 0 spiro atoms. The average molecular weight is 474 g/mol. The van der Waals surface area contributed by atoms with E-state index in [9.17, 15) is 34.4 Å². The minimum atomic E-state index is -4.84. The predicted octanol–water partition coefficient (Wildman–Crippen LogP) is 1.39. The standard InChI is InChI=1S/C16H14N2O9S3/c17-18-14-8-12(28(19,20)21)6-10-7-13(29(22,23)24)9-15(16(10)14)27-30(25,26)11-4-2-1-3-5-11/h1-9,18H,17H2,(H,19,20,21)(H,22,23,24). The first kappa shape index (κ1) is 21.9. The minimum Gasteiger partial charge on any atom is -0.378 e. The van der Waals surface area contributed by atoms with Crippen LogP contribution >= 0.6 is 0 Å². The molecule has 0 unspecified atom stereocenters. The van der Waals surface area contributed by atoms with Crippen LogP contribution in [0.5, 0.6) is 5.75 Å². The zero-order valence-corrected chi connectivity index (χ0v) is 17.2. The lowest BCUT2D eigenvalue weighted by atomic mass is 10.1. The zero-order chi connectivity index (χ0) is 22.3. The molecule has 0 saturated carbocycles.